The fourth-order valence-electron chi connectivity index (χ4n) is 3.51. The van der Waals surface area contributed by atoms with Crippen molar-refractivity contribution in [3.63, 3.8) is 0 Å². The first-order chi connectivity index (χ1) is 15.9. The van der Waals surface area contributed by atoms with E-state index in [0.717, 1.165) is 24.8 Å². The van der Waals surface area contributed by atoms with Gasteiger partial charge >= 0.3 is 0 Å². The number of ether oxygens (including phenoxy) is 2. The van der Waals surface area contributed by atoms with Crippen molar-refractivity contribution in [1.29, 1.82) is 0 Å². The predicted octanol–water partition coefficient (Wildman–Crippen LogP) is -0.420. The second-order valence-electron chi connectivity index (χ2n) is 7.91. The number of amides is 1. The van der Waals surface area contributed by atoms with Crippen LogP contribution in [0.3, 0.4) is 0 Å². The molecule has 1 saturated heterocycles. The summed E-state index contributed by atoms with van der Waals surface area (Å²) in [5.74, 6) is -0.00845. The number of benzene rings is 1. The Morgan fingerprint density at radius 3 is 2.48 bits per heavy atom. The van der Waals surface area contributed by atoms with Crippen molar-refractivity contribution in [2.24, 2.45) is 0 Å². The number of aliphatic hydroxyl groups is 4. The summed E-state index contributed by atoms with van der Waals surface area (Å²) in [6, 6.07) is 6.83. The maximum atomic E-state index is 11.0. The van der Waals surface area contributed by atoms with Crippen LogP contribution in [0.15, 0.2) is 30.5 Å². The Bertz CT molecular complexity index is 875. The van der Waals surface area contributed by atoms with Crippen LogP contribution in [0.2, 0.25) is 0 Å². The molecule has 182 valence electrons. The molecule has 12 nitrogen and oxygen atoms in total. The maximum absolute atomic E-state index is 11.0. The second-order valence-corrected chi connectivity index (χ2v) is 7.91. The molecule has 0 radical (unpaired) electrons. The molecule has 2 heterocycles. The number of aliphatic hydroxyl groups excluding tert-OH is 4. The topological polar surface area (TPSA) is 179 Å². The second kappa shape index (κ2) is 12.0. The average molecular weight is 466 g/mol. The molecule has 33 heavy (non-hydrogen) atoms. The summed E-state index contributed by atoms with van der Waals surface area (Å²) < 4.78 is 12.7. The van der Waals surface area contributed by atoms with Crippen molar-refractivity contribution in [2.75, 3.05) is 6.61 Å². The molecular weight excluding hydrogens is 436 g/mol. The molecule has 0 bridgehead atoms. The summed E-state index contributed by atoms with van der Waals surface area (Å²) in [6.07, 6.45) is -1.17. The molecule has 0 aliphatic carbocycles. The van der Waals surface area contributed by atoms with Crippen LogP contribution in [0, 0.1) is 0 Å². The van der Waals surface area contributed by atoms with Gasteiger partial charge in [0.15, 0.2) is 0 Å². The van der Waals surface area contributed by atoms with E-state index in [0.29, 0.717) is 30.8 Å². The van der Waals surface area contributed by atoms with Crippen LogP contribution in [-0.2, 0) is 16.1 Å². The molecule has 6 N–H and O–H groups in total. The van der Waals surface area contributed by atoms with Crippen molar-refractivity contribution in [2.45, 2.75) is 69.4 Å². The lowest BCUT2D eigenvalue weighted by atomic mass is 9.99. The number of aromatic nitrogens is 3. The van der Waals surface area contributed by atoms with E-state index < -0.39 is 37.3 Å². The molecule has 1 aromatic carbocycles. The zero-order valence-corrected chi connectivity index (χ0v) is 18.0. The first-order valence-electron chi connectivity index (χ1n) is 10.8. The molecule has 2 unspecified atom stereocenters. The molecule has 2 aromatic rings. The van der Waals surface area contributed by atoms with Crippen LogP contribution in [-0.4, -0.2) is 83.8 Å². The van der Waals surface area contributed by atoms with Gasteiger partial charge in [-0.25, -0.2) is 5.48 Å². The average Bonchev–Trinajstić information content (AvgIpc) is 3.30. The Morgan fingerprint density at radius 1 is 1.06 bits per heavy atom. The minimum absolute atomic E-state index is 0.306. The standard InChI is InChI=1S/C21H30N4O8/c26-12-16-18(28)19(29)20(30)21(33-16)32-14-8-6-13(7-9-14)15-11-25(24-22-15)10-4-2-1-3-5-17(27)23-31/h6-9,11,16,18-21,26,28-31H,1-5,10,12H2,(H,23,27)/t16?,18-,19?,20+,21+/m1/s1. The van der Waals surface area contributed by atoms with E-state index in [1.165, 1.54) is 0 Å². The molecule has 5 atom stereocenters. The smallest absolute Gasteiger partial charge is 0.243 e. The number of hydroxylamine groups is 1. The number of carbonyl (C=O) groups is 1. The van der Waals surface area contributed by atoms with Gasteiger partial charge in [-0.1, -0.05) is 18.1 Å². The predicted molar refractivity (Wildman–Crippen MR) is 113 cm³/mol. The van der Waals surface area contributed by atoms with Gasteiger partial charge in [-0.2, -0.15) is 0 Å². The third kappa shape index (κ3) is 6.69. The van der Waals surface area contributed by atoms with Gasteiger partial charge in [-0.05, 0) is 37.1 Å². The number of carbonyl (C=O) groups excluding carboxylic acids is 1. The van der Waals surface area contributed by atoms with Crippen molar-refractivity contribution in [1.82, 2.24) is 20.5 Å². The summed E-state index contributed by atoms with van der Waals surface area (Å²) in [5.41, 5.74) is 3.10. The van der Waals surface area contributed by atoms with Gasteiger partial charge in [0.1, 0.15) is 35.9 Å². The SMILES string of the molecule is O=C(CCCCCCn1cc(-c2ccc(O[C@H]3OC(CO)[C@@H](O)C(O)[C@@H]3O)cc2)nn1)NO. The Hall–Kier alpha value is -2.61. The minimum atomic E-state index is -1.50. The van der Waals surface area contributed by atoms with Crippen molar-refractivity contribution in [3.8, 4) is 17.0 Å². The highest BCUT2D eigenvalue weighted by Gasteiger charge is 2.44. The van der Waals surface area contributed by atoms with Crippen LogP contribution in [0.4, 0.5) is 0 Å². The third-order valence-electron chi connectivity index (χ3n) is 5.46. The van der Waals surface area contributed by atoms with Crippen LogP contribution >= 0.6 is 0 Å². The first-order valence-corrected chi connectivity index (χ1v) is 10.8. The Morgan fingerprint density at radius 2 is 1.79 bits per heavy atom. The third-order valence-corrected chi connectivity index (χ3v) is 5.46. The minimum Gasteiger partial charge on any atom is -0.462 e. The van der Waals surface area contributed by atoms with Crippen LogP contribution in [0.25, 0.3) is 11.3 Å². The monoisotopic (exact) mass is 466 g/mol. The largest absolute Gasteiger partial charge is 0.462 e. The molecule has 1 amide bonds. The van der Waals surface area contributed by atoms with E-state index >= 15 is 0 Å². The Labute approximate surface area is 190 Å². The number of rotatable bonds is 11. The number of unbranched alkanes of at least 4 members (excludes halogenated alkanes) is 3. The van der Waals surface area contributed by atoms with Crippen LogP contribution in [0.1, 0.15) is 32.1 Å². The zero-order valence-electron chi connectivity index (χ0n) is 18.0. The highest BCUT2D eigenvalue weighted by Crippen LogP contribution is 2.26. The van der Waals surface area contributed by atoms with Gasteiger partial charge in [-0.15, -0.1) is 5.10 Å². The molecule has 1 aliphatic heterocycles. The summed E-state index contributed by atoms with van der Waals surface area (Å²) in [5, 5.41) is 55.8. The quantitative estimate of drug-likeness (QED) is 0.145. The summed E-state index contributed by atoms with van der Waals surface area (Å²) in [7, 11) is 0. The van der Waals surface area contributed by atoms with Gasteiger partial charge in [-0.3, -0.25) is 14.7 Å². The molecule has 0 spiro atoms. The summed E-state index contributed by atoms with van der Waals surface area (Å²) >= 11 is 0. The molecular formula is C21H30N4O8. The van der Waals surface area contributed by atoms with E-state index in [1.807, 2.05) is 6.20 Å². The van der Waals surface area contributed by atoms with Crippen LogP contribution in [0.5, 0.6) is 5.75 Å². The number of nitrogens with zero attached hydrogens (tertiary/aromatic N) is 3. The lowest BCUT2D eigenvalue weighted by molar-refractivity contribution is -0.277. The van der Waals surface area contributed by atoms with E-state index in [4.69, 9.17) is 14.7 Å². The summed E-state index contributed by atoms with van der Waals surface area (Å²) in [6.45, 7) is 0.164. The van der Waals surface area contributed by atoms with Crippen molar-refractivity contribution >= 4 is 5.91 Å². The normalized spacial score (nSPS) is 25.1. The molecule has 1 fully saturated rings. The van der Waals surface area contributed by atoms with E-state index in [2.05, 4.69) is 10.3 Å². The van der Waals surface area contributed by atoms with E-state index in [-0.39, 0.29) is 5.91 Å². The number of hydrogen-bond donors (Lipinski definition) is 6. The molecule has 1 aliphatic rings. The highest BCUT2D eigenvalue weighted by molar-refractivity contribution is 5.74. The van der Waals surface area contributed by atoms with Gasteiger partial charge in [0.05, 0.1) is 12.8 Å². The number of aryl methyl sites for hydroxylation is 1. The summed E-state index contributed by atoms with van der Waals surface area (Å²) in [4.78, 5) is 11.0. The lowest BCUT2D eigenvalue weighted by Crippen LogP contribution is -2.60. The molecule has 0 saturated carbocycles. The molecule has 1 aromatic heterocycles. The maximum Gasteiger partial charge on any atom is 0.243 e. The van der Waals surface area contributed by atoms with Gasteiger partial charge in [0, 0.05) is 18.5 Å². The Kier molecular flexibility index (Phi) is 9.11. The van der Waals surface area contributed by atoms with Gasteiger partial charge in [0.2, 0.25) is 12.2 Å². The van der Waals surface area contributed by atoms with Crippen molar-refractivity contribution in [3.05, 3.63) is 30.5 Å². The molecule has 12 heteroatoms. The zero-order chi connectivity index (χ0) is 23.8. The van der Waals surface area contributed by atoms with Crippen LogP contribution < -0.4 is 10.2 Å². The first kappa shape index (κ1) is 25.0. The fraction of sp³-hybridized carbons (Fsp3) is 0.571. The van der Waals surface area contributed by atoms with E-state index in [1.54, 1.807) is 34.4 Å². The lowest BCUT2D eigenvalue weighted by Gasteiger charge is -2.39. The number of nitrogens with one attached hydrogen (secondary N) is 1. The Balaban J connectivity index is 1.48. The molecule has 3 rings (SSSR count). The van der Waals surface area contributed by atoms with Crippen molar-refractivity contribution < 1.29 is 39.9 Å². The van der Waals surface area contributed by atoms with Gasteiger partial charge < -0.3 is 29.9 Å². The number of hydrogen-bond acceptors (Lipinski definition) is 10. The van der Waals surface area contributed by atoms with E-state index in [9.17, 15) is 25.2 Å². The fourth-order valence-corrected chi connectivity index (χ4v) is 3.51. The highest BCUT2D eigenvalue weighted by atomic mass is 16.7. The van der Waals surface area contributed by atoms with Gasteiger partial charge in [0.25, 0.3) is 0 Å².